The van der Waals surface area contributed by atoms with Crippen molar-refractivity contribution in [3.8, 4) is 11.4 Å². The van der Waals surface area contributed by atoms with Gasteiger partial charge < -0.3 is 0 Å². The second-order valence-electron chi connectivity index (χ2n) is 4.12. The predicted octanol–water partition coefficient (Wildman–Crippen LogP) is 2.06. The van der Waals surface area contributed by atoms with E-state index in [1.165, 1.54) is 16.8 Å². The minimum absolute atomic E-state index is 0.0268. The Hall–Kier alpha value is -2.70. The van der Waals surface area contributed by atoms with Gasteiger partial charge in [-0.3, -0.25) is 4.98 Å². The number of hydrogen-bond donors (Lipinski definition) is 0. The van der Waals surface area contributed by atoms with Gasteiger partial charge in [0, 0.05) is 12.4 Å². The standard InChI is InChI=1S/C13H9F2N5/c14-11-5-1-4-10(12(11)15)13-17-18-19-20(13)8-9-3-2-6-16-7-9/h1-7H,8H2. The highest BCUT2D eigenvalue weighted by Gasteiger charge is 2.16. The van der Waals surface area contributed by atoms with E-state index in [0.29, 0.717) is 6.54 Å². The molecule has 0 aliphatic carbocycles. The van der Waals surface area contributed by atoms with Gasteiger partial charge in [-0.15, -0.1) is 5.10 Å². The molecule has 7 heteroatoms. The number of tetrazole rings is 1. The van der Waals surface area contributed by atoms with Crippen molar-refractivity contribution >= 4 is 0 Å². The molecule has 0 radical (unpaired) electrons. The number of benzene rings is 1. The van der Waals surface area contributed by atoms with E-state index in [0.717, 1.165) is 11.6 Å². The fraction of sp³-hybridized carbons (Fsp3) is 0.0769. The van der Waals surface area contributed by atoms with Gasteiger partial charge in [-0.1, -0.05) is 12.1 Å². The third-order valence-electron chi connectivity index (χ3n) is 2.78. The van der Waals surface area contributed by atoms with Gasteiger partial charge >= 0.3 is 0 Å². The first-order valence-electron chi connectivity index (χ1n) is 5.85. The normalized spacial score (nSPS) is 10.7. The van der Waals surface area contributed by atoms with Gasteiger partial charge in [0.15, 0.2) is 17.5 Å². The zero-order chi connectivity index (χ0) is 13.9. The van der Waals surface area contributed by atoms with E-state index in [1.54, 1.807) is 18.5 Å². The summed E-state index contributed by atoms with van der Waals surface area (Å²) in [6.07, 6.45) is 3.31. The summed E-state index contributed by atoms with van der Waals surface area (Å²) >= 11 is 0. The summed E-state index contributed by atoms with van der Waals surface area (Å²) in [5.74, 6) is -1.72. The van der Waals surface area contributed by atoms with Crippen LogP contribution in [0.2, 0.25) is 0 Å². The third-order valence-corrected chi connectivity index (χ3v) is 2.78. The molecule has 100 valence electrons. The Morgan fingerprint density at radius 2 is 2.00 bits per heavy atom. The first-order chi connectivity index (χ1) is 9.75. The molecule has 0 aliphatic rings. The highest BCUT2D eigenvalue weighted by atomic mass is 19.2. The molecule has 0 saturated heterocycles. The van der Waals surface area contributed by atoms with Crippen LogP contribution in [0.3, 0.4) is 0 Å². The molecule has 0 saturated carbocycles. The molecule has 1 aromatic carbocycles. The van der Waals surface area contributed by atoms with E-state index in [1.807, 2.05) is 6.07 Å². The van der Waals surface area contributed by atoms with E-state index in [4.69, 9.17) is 0 Å². The van der Waals surface area contributed by atoms with E-state index in [-0.39, 0.29) is 11.4 Å². The molecule has 2 aromatic heterocycles. The quantitative estimate of drug-likeness (QED) is 0.733. The molecule has 0 atom stereocenters. The van der Waals surface area contributed by atoms with Gasteiger partial charge in [-0.25, -0.2) is 13.5 Å². The lowest BCUT2D eigenvalue weighted by atomic mass is 10.2. The van der Waals surface area contributed by atoms with E-state index >= 15 is 0 Å². The van der Waals surface area contributed by atoms with Gasteiger partial charge in [0.1, 0.15) is 0 Å². The van der Waals surface area contributed by atoms with Crippen molar-refractivity contribution < 1.29 is 8.78 Å². The van der Waals surface area contributed by atoms with Crippen LogP contribution in [0.4, 0.5) is 8.78 Å². The molecular formula is C13H9F2N5. The molecule has 3 aromatic rings. The average molecular weight is 273 g/mol. The number of halogens is 2. The number of hydrogen-bond acceptors (Lipinski definition) is 4. The van der Waals surface area contributed by atoms with Crippen molar-refractivity contribution in [2.75, 3.05) is 0 Å². The van der Waals surface area contributed by atoms with Crippen LogP contribution < -0.4 is 0 Å². The molecule has 3 rings (SSSR count). The second-order valence-corrected chi connectivity index (χ2v) is 4.12. The Kier molecular flexibility index (Phi) is 3.16. The minimum Gasteiger partial charge on any atom is -0.264 e. The highest BCUT2D eigenvalue weighted by molar-refractivity contribution is 5.55. The van der Waals surface area contributed by atoms with Crippen LogP contribution in [0.5, 0.6) is 0 Å². The molecule has 20 heavy (non-hydrogen) atoms. The number of aromatic nitrogens is 5. The van der Waals surface area contributed by atoms with Gasteiger partial charge in [-0.05, 0) is 34.2 Å². The Labute approximate surface area is 112 Å². The lowest BCUT2D eigenvalue weighted by Crippen LogP contribution is -2.06. The van der Waals surface area contributed by atoms with Crippen molar-refractivity contribution in [2.24, 2.45) is 0 Å². The van der Waals surface area contributed by atoms with Crippen molar-refractivity contribution in [1.82, 2.24) is 25.2 Å². The first kappa shape index (κ1) is 12.3. The van der Waals surface area contributed by atoms with Crippen LogP contribution in [0.25, 0.3) is 11.4 Å². The molecular weight excluding hydrogens is 264 g/mol. The zero-order valence-electron chi connectivity index (χ0n) is 10.2. The molecule has 0 spiro atoms. The average Bonchev–Trinajstić information content (AvgIpc) is 2.91. The molecule has 0 amide bonds. The van der Waals surface area contributed by atoms with E-state index in [9.17, 15) is 8.78 Å². The highest BCUT2D eigenvalue weighted by Crippen LogP contribution is 2.22. The predicted molar refractivity (Wildman–Crippen MR) is 66.5 cm³/mol. The van der Waals surface area contributed by atoms with Crippen LogP contribution in [-0.4, -0.2) is 25.2 Å². The maximum absolute atomic E-state index is 13.8. The van der Waals surface area contributed by atoms with Gasteiger partial charge in [-0.2, -0.15) is 0 Å². The summed E-state index contributed by atoms with van der Waals surface area (Å²) in [4.78, 5) is 3.98. The lowest BCUT2D eigenvalue weighted by molar-refractivity contribution is 0.509. The van der Waals surface area contributed by atoms with Crippen molar-refractivity contribution in [1.29, 1.82) is 0 Å². The maximum atomic E-state index is 13.8. The Bertz CT molecular complexity index is 727. The maximum Gasteiger partial charge on any atom is 0.185 e. The van der Waals surface area contributed by atoms with Crippen LogP contribution in [0, 0.1) is 11.6 Å². The SMILES string of the molecule is Fc1cccc(-c2nnnn2Cc2cccnc2)c1F. The number of nitrogens with zero attached hydrogens (tertiary/aromatic N) is 5. The van der Waals surface area contributed by atoms with E-state index in [2.05, 4.69) is 20.5 Å². The molecule has 2 heterocycles. The first-order valence-corrected chi connectivity index (χ1v) is 5.85. The van der Waals surface area contributed by atoms with Crippen LogP contribution in [-0.2, 0) is 6.54 Å². The Morgan fingerprint density at radius 1 is 1.10 bits per heavy atom. The largest absolute Gasteiger partial charge is 0.264 e. The van der Waals surface area contributed by atoms with Crippen molar-refractivity contribution in [3.63, 3.8) is 0 Å². The number of pyridine rings is 1. The fourth-order valence-electron chi connectivity index (χ4n) is 1.85. The number of rotatable bonds is 3. The summed E-state index contributed by atoms with van der Waals surface area (Å²) < 4.78 is 28.5. The molecule has 5 nitrogen and oxygen atoms in total. The summed E-state index contributed by atoms with van der Waals surface area (Å²) in [7, 11) is 0. The monoisotopic (exact) mass is 273 g/mol. The van der Waals surface area contributed by atoms with Crippen LogP contribution in [0.15, 0.2) is 42.7 Å². The molecule has 0 aliphatic heterocycles. The van der Waals surface area contributed by atoms with Crippen molar-refractivity contribution in [2.45, 2.75) is 6.54 Å². The topological polar surface area (TPSA) is 56.5 Å². The second kappa shape index (κ2) is 5.12. The summed E-state index contributed by atoms with van der Waals surface area (Å²) in [5.41, 5.74) is 0.886. The van der Waals surface area contributed by atoms with Gasteiger partial charge in [0.05, 0.1) is 12.1 Å². The van der Waals surface area contributed by atoms with Crippen LogP contribution >= 0.6 is 0 Å². The Morgan fingerprint density at radius 3 is 2.80 bits per heavy atom. The van der Waals surface area contributed by atoms with E-state index < -0.39 is 11.6 Å². The van der Waals surface area contributed by atoms with Crippen molar-refractivity contribution in [3.05, 3.63) is 59.9 Å². The fourth-order valence-corrected chi connectivity index (χ4v) is 1.85. The molecule has 0 N–H and O–H groups in total. The summed E-state index contributed by atoms with van der Waals surface area (Å²) in [6, 6.07) is 7.53. The molecule has 0 bridgehead atoms. The summed E-state index contributed by atoms with van der Waals surface area (Å²) in [5, 5.41) is 11.1. The zero-order valence-corrected chi connectivity index (χ0v) is 10.2. The van der Waals surface area contributed by atoms with Crippen LogP contribution in [0.1, 0.15) is 5.56 Å². The minimum atomic E-state index is -0.963. The third kappa shape index (κ3) is 2.25. The molecule has 0 fully saturated rings. The summed E-state index contributed by atoms with van der Waals surface area (Å²) in [6.45, 7) is 0.326. The smallest absolute Gasteiger partial charge is 0.185 e. The van der Waals surface area contributed by atoms with Gasteiger partial charge in [0.2, 0.25) is 0 Å². The lowest BCUT2D eigenvalue weighted by Gasteiger charge is -2.05. The van der Waals surface area contributed by atoms with Gasteiger partial charge in [0.25, 0.3) is 0 Å². The molecule has 0 unspecified atom stereocenters. The Balaban J connectivity index is 2.00.